The number of carbonyl (C=O) groups excluding carboxylic acids is 2. The quantitative estimate of drug-likeness (QED) is 0.854. The Kier molecular flexibility index (Phi) is 4.97. The second-order valence-electron chi connectivity index (χ2n) is 5.51. The maximum absolute atomic E-state index is 12.4. The number of benzene rings is 1. The van der Waals surface area contributed by atoms with Gasteiger partial charge in [-0.2, -0.15) is 4.31 Å². The molecule has 1 amide bonds. The number of ketones is 1. The number of hydrogen-bond donors (Lipinski definition) is 1. The van der Waals surface area contributed by atoms with Gasteiger partial charge in [0.1, 0.15) is 6.04 Å². The zero-order valence-electron chi connectivity index (χ0n) is 12.7. The van der Waals surface area contributed by atoms with Crippen molar-refractivity contribution >= 4 is 27.4 Å². The highest BCUT2D eigenvalue weighted by Gasteiger charge is 2.34. The Morgan fingerprint density at radius 2 is 1.82 bits per heavy atom. The molecule has 6 nitrogen and oxygen atoms in total. The summed E-state index contributed by atoms with van der Waals surface area (Å²) in [4.78, 5) is 23.6. The van der Waals surface area contributed by atoms with Gasteiger partial charge < -0.3 is 5.32 Å². The Morgan fingerprint density at radius 1 is 1.18 bits per heavy atom. The number of rotatable bonds is 4. The van der Waals surface area contributed by atoms with Crippen LogP contribution in [0.1, 0.15) is 36.5 Å². The Labute approximate surface area is 130 Å². The Bertz CT molecular complexity index is 667. The molecule has 0 aliphatic carbocycles. The van der Waals surface area contributed by atoms with Crippen molar-refractivity contribution in [2.45, 2.75) is 32.2 Å². The number of nitrogens with zero attached hydrogens (tertiary/aromatic N) is 1. The Morgan fingerprint density at radius 3 is 2.36 bits per heavy atom. The van der Waals surface area contributed by atoms with Crippen LogP contribution < -0.4 is 5.32 Å². The van der Waals surface area contributed by atoms with E-state index >= 15 is 0 Å². The molecule has 0 saturated carbocycles. The number of Topliss-reactive ketones (excluding diaryl/α,β-unsaturated/α-hetero) is 1. The molecular formula is C15H20N2O4S. The third kappa shape index (κ3) is 3.92. The molecule has 1 saturated heterocycles. The van der Waals surface area contributed by atoms with Gasteiger partial charge in [0.2, 0.25) is 15.9 Å². The minimum atomic E-state index is -3.40. The molecule has 1 heterocycles. The fourth-order valence-corrected chi connectivity index (χ4v) is 3.70. The molecular weight excluding hydrogens is 304 g/mol. The molecule has 0 bridgehead atoms. The zero-order valence-corrected chi connectivity index (χ0v) is 13.5. The molecule has 0 radical (unpaired) electrons. The predicted molar refractivity (Wildman–Crippen MR) is 84.3 cm³/mol. The number of nitrogens with one attached hydrogen (secondary N) is 1. The van der Waals surface area contributed by atoms with Crippen molar-refractivity contribution < 1.29 is 18.0 Å². The minimum absolute atomic E-state index is 0.0478. The molecule has 1 aromatic carbocycles. The Hall–Kier alpha value is -1.73. The zero-order chi connectivity index (χ0) is 16.3. The number of sulfonamides is 1. The fourth-order valence-electron chi connectivity index (χ4n) is 2.58. The highest BCUT2D eigenvalue weighted by atomic mass is 32.2. The first-order valence-corrected chi connectivity index (χ1v) is 9.02. The topological polar surface area (TPSA) is 83.6 Å². The lowest BCUT2D eigenvalue weighted by molar-refractivity contribution is -0.120. The second-order valence-corrected chi connectivity index (χ2v) is 7.44. The lowest BCUT2D eigenvalue weighted by atomic mass is 10.0. The number of anilines is 1. The molecule has 2 rings (SSSR count). The van der Waals surface area contributed by atoms with Gasteiger partial charge in [0.15, 0.2) is 5.78 Å². The molecule has 0 spiro atoms. The number of carbonyl (C=O) groups is 2. The van der Waals surface area contributed by atoms with Crippen LogP contribution in [0.3, 0.4) is 0 Å². The van der Waals surface area contributed by atoms with Crippen LogP contribution in [-0.4, -0.2) is 43.3 Å². The number of piperidine rings is 1. The van der Waals surface area contributed by atoms with E-state index in [2.05, 4.69) is 5.32 Å². The lowest BCUT2D eigenvalue weighted by Crippen LogP contribution is -2.49. The monoisotopic (exact) mass is 324 g/mol. The maximum Gasteiger partial charge on any atom is 0.242 e. The van der Waals surface area contributed by atoms with Crippen LogP contribution in [-0.2, 0) is 14.8 Å². The van der Waals surface area contributed by atoms with E-state index in [4.69, 9.17) is 0 Å². The largest absolute Gasteiger partial charge is 0.325 e. The van der Waals surface area contributed by atoms with E-state index in [1.54, 1.807) is 24.3 Å². The summed E-state index contributed by atoms with van der Waals surface area (Å²) in [6, 6.07) is 5.88. The van der Waals surface area contributed by atoms with E-state index in [1.807, 2.05) is 0 Å². The first kappa shape index (κ1) is 16.6. The number of hydrogen-bond acceptors (Lipinski definition) is 4. The molecule has 120 valence electrons. The van der Waals surface area contributed by atoms with E-state index in [-0.39, 0.29) is 11.7 Å². The van der Waals surface area contributed by atoms with E-state index < -0.39 is 16.1 Å². The maximum atomic E-state index is 12.4. The van der Waals surface area contributed by atoms with Crippen molar-refractivity contribution in [3.8, 4) is 0 Å². The average molecular weight is 324 g/mol. The molecule has 1 aliphatic heterocycles. The molecule has 1 fully saturated rings. The van der Waals surface area contributed by atoms with Crippen LogP contribution >= 0.6 is 0 Å². The number of amides is 1. The van der Waals surface area contributed by atoms with E-state index in [0.717, 1.165) is 19.1 Å². The molecule has 0 aromatic heterocycles. The fraction of sp³-hybridized carbons (Fsp3) is 0.467. The van der Waals surface area contributed by atoms with Gasteiger partial charge in [-0.1, -0.05) is 6.42 Å². The first-order valence-electron chi connectivity index (χ1n) is 7.18. The summed E-state index contributed by atoms with van der Waals surface area (Å²) in [5.41, 5.74) is 1.11. The standard InChI is InChI=1S/C15H20N2O4S/c1-11(18)12-6-8-13(9-7-12)16-15(19)14-5-3-4-10-17(14)22(2,20)21/h6-9,14H,3-5,10H2,1-2H3,(H,16,19). The third-order valence-corrected chi connectivity index (χ3v) is 5.03. The highest BCUT2D eigenvalue weighted by Crippen LogP contribution is 2.21. The van der Waals surface area contributed by atoms with Crippen LogP contribution in [0.4, 0.5) is 5.69 Å². The van der Waals surface area contributed by atoms with Gasteiger partial charge >= 0.3 is 0 Å². The summed E-state index contributed by atoms with van der Waals surface area (Å²) in [6.07, 6.45) is 3.24. The summed E-state index contributed by atoms with van der Waals surface area (Å²) < 4.78 is 24.8. The van der Waals surface area contributed by atoms with Crippen molar-refractivity contribution in [3.05, 3.63) is 29.8 Å². The van der Waals surface area contributed by atoms with Gasteiger partial charge in [-0.05, 0) is 44.0 Å². The van der Waals surface area contributed by atoms with Gasteiger partial charge in [0.25, 0.3) is 0 Å². The smallest absolute Gasteiger partial charge is 0.242 e. The molecule has 1 unspecified atom stereocenters. The summed E-state index contributed by atoms with van der Waals surface area (Å²) in [7, 11) is -3.40. The van der Waals surface area contributed by atoms with Crippen molar-refractivity contribution in [2.75, 3.05) is 18.1 Å². The van der Waals surface area contributed by atoms with E-state index in [0.29, 0.717) is 24.2 Å². The average Bonchev–Trinajstić information content (AvgIpc) is 2.47. The molecule has 1 atom stereocenters. The van der Waals surface area contributed by atoms with E-state index in [9.17, 15) is 18.0 Å². The molecule has 1 aromatic rings. The van der Waals surface area contributed by atoms with Gasteiger partial charge in [-0.15, -0.1) is 0 Å². The van der Waals surface area contributed by atoms with Gasteiger partial charge in [-0.25, -0.2) is 8.42 Å². The summed E-state index contributed by atoms with van der Waals surface area (Å²) in [5.74, 6) is -0.380. The summed E-state index contributed by atoms with van der Waals surface area (Å²) >= 11 is 0. The van der Waals surface area contributed by atoms with Crippen LogP contribution in [0.2, 0.25) is 0 Å². The van der Waals surface area contributed by atoms with Gasteiger partial charge in [0.05, 0.1) is 6.26 Å². The predicted octanol–water partition coefficient (Wildman–Crippen LogP) is 1.64. The van der Waals surface area contributed by atoms with Crippen LogP contribution in [0.25, 0.3) is 0 Å². The first-order chi connectivity index (χ1) is 10.3. The summed E-state index contributed by atoms with van der Waals surface area (Å²) in [6.45, 7) is 1.85. The van der Waals surface area contributed by atoms with Gasteiger partial charge in [-0.3, -0.25) is 9.59 Å². The highest BCUT2D eigenvalue weighted by molar-refractivity contribution is 7.88. The molecule has 7 heteroatoms. The minimum Gasteiger partial charge on any atom is -0.325 e. The van der Waals surface area contributed by atoms with Crippen LogP contribution in [0, 0.1) is 0 Å². The summed E-state index contributed by atoms with van der Waals surface area (Å²) in [5, 5.41) is 2.72. The van der Waals surface area contributed by atoms with Crippen LogP contribution in [0.5, 0.6) is 0 Å². The normalized spacial score (nSPS) is 19.6. The van der Waals surface area contributed by atoms with Gasteiger partial charge in [0, 0.05) is 17.8 Å². The van der Waals surface area contributed by atoms with Crippen molar-refractivity contribution in [1.29, 1.82) is 0 Å². The second kappa shape index (κ2) is 6.58. The lowest BCUT2D eigenvalue weighted by Gasteiger charge is -2.32. The van der Waals surface area contributed by atoms with Crippen molar-refractivity contribution in [1.82, 2.24) is 4.31 Å². The molecule has 1 N–H and O–H groups in total. The molecule has 1 aliphatic rings. The van der Waals surface area contributed by atoms with Crippen LogP contribution in [0.15, 0.2) is 24.3 Å². The van der Waals surface area contributed by atoms with Crippen molar-refractivity contribution in [3.63, 3.8) is 0 Å². The third-order valence-electron chi connectivity index (χ3n) is 3.74. The molecule has 22 heavy (non-hydrogen) atoms. The van der Waals surface area contributed by atoms with E-state index in [1.165, 1.54) is 11.2 Å². The SMILES string of the molecule is CC(=O)c1ccc(NC(=O)C2CCCCN2S(C)(=O)=O)cc1. The van der Waals surface area contributed by atoms with Crippen molar-refractivity contribution in [2.24, 2.45) is 0 Å². The Balaban J connectivity index is 2.11.